The summed E-state index contributed by atoms with van der Waals surface area (Å²) in [7, 11) is 7.76. The Kier molecular flexibility index (Phi) is 7.65. The Morgan fingerprint density at radius 2 is 1.74 bits per heavy atom. The van der Waals surface area contributed by atoms with Crippen molar-refractivity contribution in [2.75, 3.05) is 39.5 Å². The molecule has 9 nitrogen and oxygen atoms in total. The van der Waals surface area contributed by atoms with Crippen LogP contribution in [0.15, 0.2) is 36.4 Å². The summed E-state index contributed by atoms with van der Waals surface area (Å²) in [6, 6.07) is 11.8. The third-order valence-corrected chi connectivity index (χ3v) is 9.53. The van der Waals surface area contributed by atoms with E-state index in [-0.39, 0.29) is 11.8 Å². The van der Waals surface area contributed by atoms with Crippen molar-refractivity contribution in [1.82, 2.24) is 29.2 Å². The van der Waals surface area contributed by atoms with Crippen LogP contribution in [0.1, 0.15) is 38.1 Å². The average Bonchev–Trinajstić information content (AvgIpc) is 3.61. The number of fused-ring (bicyclic) bond motifs is 2. The number of thiazole rings is 1. The van der Waals surface area contributed by atoms with Gasteiger partial charge >= 0.3 is 0 Å². The third-order valence-electron chi connectivity index (χ3n) is 8.01. The van der Waals surface area contributed by atoms with Crippen LogP contribution < -0.4 is 5.32 Å². The van der Waals surface area contributed by atoms with E-state index in [9.17, 15) is 9.59 Å². The van der Waals surface area contributed by atoms with Crippen LogP contribution in [0.3, 0.4) is 0 Å². The number of likely N-dealkylation sites (N-methyl/N-ethyl adjacent to an activating group) is 2. The van der Waals surface area contributed by atoms with Gasteiger partial charge in [0.2, 0.25) is 5.91 Å². The summed E-state index contributed by atoms with van der Waals surface area (Å²) in [6.07, 6.45) is 0.864. The van der Waals surface area contributed by atoms with Gasteiger partial charge in [0.25, 0.3) is 5.91 Å². The lowest BCUT2D eigenvalue weighted by Gasteiger charge is -2.21. The Morgan fingerprint density at radius 1 is 1.00 bits per heavy atom. The van der Waals surface area contributed by atoms with Gasteiger partial charge in [-0.25, -0.2) is 9.97 Å². The van der Waals surface area contributed by atoms with E-state index >= 15 is 0 Å². The number of nitrogens with zero attached hydrogens (tertiary/aromatic N) is 6. The fourth-order valence-electron chi connectivity index (χ4n) is 5.74. The van der Waals surface area contributed by atoms with Crippen molar-refractivity contribution in [3.8, 4) is 21.7 Å². The molecule has 2 aliphatic heterocycles. The maximum Gasteiger partial charge on any atom is 0.291 e. The van der Waals surface area contributed by atoms with Gasteiger partial charge < -0.3 is 24.6 Å². The maximum absolute atomic E-state index is 13.3. The minimum atomic E-state index is -0.283. The molecule has 1 N–H and O–H groups in total. The summed E-state index contributed by atoms with van der Waals surface area (Å²) in [5, 5.41) is 4.41. The number of carbonyl (C=O) groups excluding carboxylic acids is 2. The monoisotopic (exact) mass is 603 g/mol. The zero-order valence-electron chi connectivity index (χ0n) is 24.5. The molecule has 2 amide bonds. The smallest absolute Gasteiger partial charge is 0.291 e. The molecule has 2 aromatic carbocycles. The van der Waals surface area contributed by atoms with Crippen molar-refractivity contribution in [3.63, 3.8) is 0 Å². The molecule has 0 aliphatic carbocycles. The van der Waals surface area contributed by atoms with E-state index in [1.807, 2.05) is 65.8 Å². The van der Waals surface area contributed by atoms with Gasteiger partial charge in [-0.05, 0) is 45.3 Å². The fraction of sp³-hybridized carbons (Fsp3) is 0.355. The van der Waals surface area contributed by atoms with Crippen LogP contribution in [0, 0.1) is 6.92 Å². The number of rotatable bonds is 6. The fourth-order valence-corrected chi connectivity index (χ4v) is 7.18. The molecule has 11 heteroatoms. The van der Waals surface area contributed by atoms with E-state index in [1.165, 1.54) is 0 Å². The van der Waals surface area contributed by atoms with E-state index < -0.39 is 0 Å². The van der Waals surface area contributed by atoms with Gasteiger partial charge in [0, 0.05) is 48.3 Å². The van der Waals surface area contributed by atoms with Crippen molar-refractivity contribution in [3.05, 3.63) is 74.8 Å². The molecule has 0 atom stereocenters. The molecule has 2 aromatic heterocycles. The van der Waals surface area contributed by atoms with Gasteiger partial charge in [0.15, 0.2) is 5.82 Å². The number of nitrogens with one attached hydrogen (secondary N) is 1. The SMILES string of the molecule is Cc1c(-c2nc3c(s2)CN(C(=O)CN(C)C)C3)cccc1-c1cccc(NC(=O)c2nc3c(n2C)CCN(C)C3)c1Cl. The molecule has 0 spiro atoms. The summed E-state index contributed by atoms with van der Waals surface area (Å²) < 4.78 is 1.89. The molecule has 6 rings (SSSR count). The summed E-state index contributed by atoms with van der Waals surface area (Å²) in [5.74, 6) is 0.213. The van der Waals surface area contributed by atoms with E-state index in [0.717, 1.165) is 68.7 Å². The van der Waals surface area contributed by atoms with Crippen LogP contribution in [0.25, 0.3) is 21.7 Å². The molecular formula is C31H34ClN7O2S. The summed E-state index contributed by atoms with van der Waals surface area (Å²) in [5.41, 5.74) is 7.46. The van der Waals surface area contributed by atoms with E-state index in [0.29, 0.717) is 36.2 Å². The quantitative estimate of drug-likeness (QED) is 0.340. The number of hydrogen-bond acceptors (Lipinski definition) is 7. The Bertz CT molecular complexity index is 1690. The maximum atomic E-state index is 13.3. The normalized spacial score (nSPS) is 14.8. The van der Waals surface area contributed by atoms with Crippen molar-refractivity contribution in [2.45, 2.75) is 33.0 Å². The second-order valence-electron chi connectivity index (χ2n) is 11.4. The van der Waals surface area contributed by atoms with Crippen LogP contribution in [0.2, 0.25) is 5.02 Å². The highest BCUT2D eigenvalue weighted by molar-refractivity contribution is 7.15. The highest BCUT2D eigenvalue weighted by atomic mass is 35.5. The van der Waals surface area contributed by atoms with Crippen LogP contribution in [-0.2, 0) is 37.9 Å². The molecule has 0 saturated carbocycles. The molecular weight excluding hydrogens is 570 g/mol. The predicted molar refractivity (Wildman–Crippen MR) is 167 cm³/mol. The van der Waals surface area contributed by atoms with Crippen LogP contribution >= 0.6 is 22.9 Å². The number of aromatic nitrogens is 3. The summed E-state index contributed by atoms with van der Waals surface area (Å²) in [4.78, 5) is 42.5. The van der Waals surface area contributed by atoms with Gasteiger partial charge in [-0.2, -0.15) is 0 Å². The number of hydrogen-bond donors (Lipinski definition) is 1. The first-order valence-corrected chi connectivity index (χ1v) is 15.1. The molecule has 0 fully saturated rings. The average molecular weight is 604 g/mol. The number of halogens is 1. The Labute approximate surface area is 254 Å². The van der Waals surface area contributed by atoms with Crippen LogP contribution in [-0.4, -0.2) is 75.3 Å². The number of amides is 2. The lowest BCUT2D eigenvalue weighted by molar-refractivity contribution is -0.132. The zero-order valence-corrected chi connectivity index (χ0v) is 26.1. The molecule has 42 heavy (non-hydrogen) atoms. The van der Waals surface area contributed by atoms with Crippen molar-refractivity contribution < 1.29 is 9.59 Å². The Hall–Kier alpha value is -3.57. The number of imidazole rings is 1. The zero-order chi connectivity index (χ0) is 29.7. The molecule has 0 saturated heterocycles. The van der Waals surface area contributed by atoms with Crippen molar-refractivity contribution >= 4 is 40.4 Å². The predicted octanol–water partition coefficient (Wildman–Crippen LogP) is 4.82. The highest BCUT2D eigenvalue weighted by Crippen LogP contribution is 2.41. The molecule has 218 valence electrons. The topological polar surface area (TPSA) is 86.6 Å². The molecule has 0 unspecified atom stereocenters. The lowest BCUT2D eigenvalue weighted by Crippen LogP contribution is -2.34. The largest absolute Gasteiger partial charge is 0.330 e. The molecule has 0 bridgehead atoms. The van der Waals surface area contributed by atoms with Crippen LogP contribution in [0.4, 0.5) is 5.69 Å². The second kappa shape index (κ2) is 11.3. The minimum absolute atomic E-state index is 0.113. The third kappa shape index (κ3) is 5.24. The van der Waals surface area contributed by atoms with E-state index in [2.05, 4.69) is 35.2 Å². The van der Waals surface area contributed by atoms with Crippen LogP contribution in [0.5, 0.6) is 0 Å². The minimum Gasteiger partial charge on any atom is -0.330 e. The standard InChI is InChI=1S/C31H34ClN7O2S/c1-18-19(8-6-9-20(18)31-35-24-15-39(16-26(24)42-31)27(40)17-36(2)3)21-10-7-11-22(28(21)32)34-30(41)29-33-23-14-37(4)13-12-25(23)38(29)5/h6-11H,12-17H2,1-5H3,(H,34,41). The van der Waals surface area contributed by atoms with Gasteiger partial charge in [0.05, 0.1) is 41.7 Å². The first-order chi connectivity index (χ1) is 20.1. The number of benzene rings is 2. The highest BCUT2D eigenvalue weighted by Gasteiger charge is 2.28. The van der Waals surface area contributed by atoms with Gasteiger partial charge in [-0.1, -0.05) is 41.9 Å². The van der Waals surface area contributed by atoms with Gasteiger partial charge in [-0.15, -0.1) is 11.3 Å². The van der Waals surface area contributed by atoms with Crippen molar-refractivity contribution in [1.29, 1.82) is 0 Å². The molecule has 2 aliphatic rings. The molecule has 0 radical (unpaired) electrons. The van der Waals surface area contributed by atoms with Crippen molar-refractivity contribution in [2.24, 2.45) is 7.05 Å². The number of carbonyl (C=O) groups is 2. The van der Waals surface area contributed by atoms with E-state index in [4.69, 9.17) is 16.6 Å². The Morgan fingerprint density at radius 3 is 2.50 bits per heavy atom. The van der Waals surface area contributed by atoms with Gasteiger partial charge in [0.1, 0.15) is 5.01 Å². The van der Waals surface area contributed by atoms with Gasteiger partial charge in [-0.3, -0.25) is 9.59 Å². The summed E-state index contributed by atoms with van der Waals surface area (Å²) >= 11 is 8.58. The Balaban J connectivity index is 1.25. The molecule has 4 heterocycles. The molecule has 4 aromatic rings. The first kappa shape index (κ1) is 28.5. The first-order valence-electron chi connectivity index (χ1n) is 13.9. The lowest BCUT2D eigenvalue weighted by atomic mass is 9.96. The second-order valence-corrected chi connectivity index (χ2v) is 12.8. The number of anilines is 1. The van der Waals surface area contributed by atoms with E-state index in [1.54, 1.807) is 11.3 Å². The summed E-state index contributed by atoms with van der Waals surface area (Å²) in [6.45, 7) is 5.28.